The Labute approximate surface area is 177 Å². The molecule has 0 heterocycles. The molecule has 7 nitrogen and oxygen atoms in total. The molecule has 0 spiro atoms. The molecular formula is C23H29N3O4. The van der Waals surface area contributed by atoms with Crippen LogP contribution < -0.4 is 20.7 Å². The summed E-state index contributed by atoms with van der Waals surface area (Å²) >= 11 is 0. The number of rotatable bonds is 8. The molecule has 2 aromatic rings. The van der Waals surface area contributed by atoms with Gasteiger partial charge in [0, 0.05) is 11.3 Å². The van der Waals surface area contributed by atoms with Crippen molar-refractivity contribution in [1.29, 1.82) is 0 Å². The lowest BCUT2D eigenvalue weighted by molar-refractivity contribution is -0.126. The van der Waals surface area contributed by atoms with Crippen molar-refractivity contribution in [2.75, 3.05) is 19.0 Å². The molecule has 3 N–H and O–H groups in total. The van der Waals surface area contributed by atoms with Crippen LogP contribution in [0.4, 0.5) is 5.69 Å². The average Bonchev–Trinajstić information content (AvgIpc) is 2.72. The largest absolute Gasteiger partial charge is 0.497 e. The van der Waals surface area contributed by atoms with Crippen LogP contribution in [-0.2, 0) is 9.59 Å². The van der Waals surface area contributed by atoms with Crippen LogP contribution in [0.5, 0.6) is 5.75 Å². The van der Waals surface area contributed by atoms with Gasteiger partial charge in [0.15, 0.2) is 0 Å². The van der Waals surface area contributed by atoms with Gasteiger partial charge in [-0.05, 0) is 55.2 Å². The first kappa shape index (κ1) is 22.9. The Bertz CT molecular complexity index is 887. The topological polar surface area (TPSA) is 96.5 Å². The van der Waals surface area contributed by atoms with Crippen LogP contribution in [0, 0.1) is 19.8 Å². The number of aryl methyl sites for hydroxylation is 2. The molecule has 0 saturated heterocycles. The van der Waals surface area contributed by atoms with E-state index in [1.807, 2.05) is 45.9 Å². The number of para-hydroxylation sites is 1. The van der Waals surface area contributed by atoms with Crippen molar-refractivity contribution in [1.82, 2.24) is 10.6 Å². The molecule has 0 saturated carbocycles. The number of hydrogen-bond acceptors (Lipinski definition) is 4. The number of carbonyl (C=O) groups excluding carboxylic acids is 3. The van der Waals surface area contributed by atoms with E-state index in [0.717, 1.165) is 16.8 Å². The van der Waals surface area contributed by atoms with E-state index in [4.69, 9.17) is 4.74 Å². The number of carbonyl (C=O) groups is 3. The fourth-order valence-electron chi connectivity index (χ4n) is 2.97. The lowest BCUT2D eigenvalue weighted by Crippen LogP contribution is -2.51. The van der Waals surface area contributed by atoms with Gasteiger partial charge in [-0.3, -0.25) is 14.4 Å². The van der Waals surface area contributed by atoms with Crippen LogP contribution in [0.2, 0.25) is 0 Å². The first-order valence-electron chi connectivity index (χ1n) is 9.81. The Kier molecular flexibility index (Phi) is 7.98. The zero-order chi connectivity index (χ0) is 22.3. The maximum Gasteiger partial charge on any atom is 0.251 e. The molecular weight excluding hydrogens is 382 g/mol. The summed E-state index contributed by atoms with van der Waals surface area (Å²) in [7, 11) is 1.55. The summed E-state index contributed by atoms with van der Waals surface area (Å²) in [5.41, 5.74) is 3.05. The van der Waals surface area contributed by atoms with Gasteiger partial charge in [-0.15, -0.1) is 0 Å². The standard InChI is InChI=1S/C23H29N3O4/c1-14(2)20(26-22(28)17-9-11-18(30-5)12-10-17)23(29)24-13-19(27)25-21-15(3)7-6-8-16(21)4/h6-12,14,20H,13H2,1-5H3,(H,24,29)(H,25,27)(H,26,28)/t20-/m1/s1. The number of methoxy groups -OCH3 is 1. The molecule has 0 aliphatic rings. The van der Waals surface area contributed by atoms with E-state index >= 15 is 0 Å². The molecule has 3 amide bonds. The van der Waals surface area contributed by atoms with E-state index in [-0.39, 0.29) is 24.3 Å². The quantitative estimate of drug-likeness (QED) is 0.622. The van der Waals surface area contributed by atoms with Crippen LogP contribution in [0.1, 0.15) is 35.3 Å². The van der Waals surface area contributed by atoms with Crippen LogP contribution in [-0.4, -0.2) is 37.4 Å². The molecule has 0 fully saturated rings. The normalized spacial score (nSPS) is 11.5. The number of ether oxygens (including phenoxy) is 1. The minimum absolute atomic E-state index is 0.158. The van der Waals surface area contributed by atoms with E-state index in [1.165, 1.54) is 0 Å². The summed E-state index contributed by atoms with van der Waals surface area (Å²) in [6.45, 7) is 7.29. The molecule has 2 aromatic carbocycles. The number of hydrogen-bond donors (Lipinski definition) is 3. The second-order valence-electron chi connectivity index (χ2n) is 7.46. The van der Waals surface area contributed by atoms with E-state index in [2.05, 4.69) is 16.0 Å². The Morgan fingerprint density at radius 3 is 2.10 bits per heavy atom. The fourth-order valence-corrected chi connectivity index (χ4v) is 2.97. The van der Waals surface area contributed by atoms with E-state index in [1.54, 1.807) is 31.4 Å². The van der Waals surface area contributed by atoms with Gasteiger partial charge in [0.1, 0.15) is 11.8 Å². The van der Waals surface area contributed by atoms with Crippen LogP contribution in [0.25, 0.3) is 0 Å². The second-order valence-corrected chi connectivity index (χ2v) is 7.46. The van der Waals surface area contributed by atoms with Gasteiger partial charge in [0.2, 0.25) is 11.8 Å². The molecule has 160 valence electrons. The lowest BCUT2D eigenvalue weighted by Gasteiger charge is -2.22. The van der Waals surface area contributed by atoms with Crippen molar-refractivity contribution < 1.29 is 19.1 Å². The van der Waals surface area contributed by atoms with Crippen molar-refractivity contribution in [2.24, 2.45) is 5.92 Å². The Hall–Kier alpha value is -3.35. The zero-order valence-corrected chi connectivity index (χ0v) is 18.0. The summed E-state index contributed by atoms with van der Waals surface area (Å²) in [4.78, 5) is 37.4. The summed E-state index contributed by atoms with van der Waals surface area (Å²) in [5, 5.41) is 8.18. The third-order valence-electron chi connectivity index (χ3n) is 4.76. The molecule has 0 aromatic heterocycles. The van der Waals surface area contributed by atoms with Gasteiger partial charge >= 0.3 is 0 Å². The highest BCUT2D eigenvalue weighted by molar-refractivity contribution is 5.99. The van der Waals surface area contributed by atoms with Crippen molar-refractivity contribution in [3.8, 4) is 5.75 Å². The number of nitrogens with one attached hydrogen (secondary N) is 3. The highest BCUT2D eigenvalue weighted by atomic mass is 16.5. The SMILES string of the molecule is COc1ccc(C(=O)N[C@@H](C(=O)NCC(=O)Nc2c(C)cccc2C)C(C)C)cc1. The monoisotopic (exact) mass is 411 g/mol. The van der Waals surface area contributed by atoms with E-state index in [9.17, 15) is 14.4 Å². The Balaban J connectivity index is 1.96. The predicted octanol–water partition coefficient (Wildman–Crippen LogP) is 2.82. The molecule has 0 radical (unpaired) electrons. The van der Waals surface area contributed by atoms with Gasteiger partial charge in [0.25, 0.3) is 5.91 Å². The van der Waals surface area contributed by atoms with Gasteiger partial charge in [-0.2, -0.15) is 0 Å². The van der Waals surface area contributed by atoms with Crippen molar-refractivity contribution in [2.45, 2.75) is 33.7 Å². The summed E-state index contributed by atoms with van der Waals surface area (Å²) in [5.74, 6) is -0.631. The van der Waals surface area contributed by atoms with E-state index < -0.39 is 11.9 Å². The molecule has 1 atom stereocenters. The Morgan fingerprint density at radius 1 is 0.967 bits per heavy atom. The van der Waals surface area contributed by atoms with Gasteiger partial charge in [0.05, 0.1) is 13.7 Å². The third-order valence-corrected chi connectivity index (χ3v) is 4.76. The highest BCUT2D eigenvalue weighted by Gasteiger charge is 2.25. The van der Waals surface area contributed by atoms with Crippen LogP contribution in [0.3, 0.4) is 0 Å². The fraction of sp³-hybridized carbons (Fsp3) is 0.348. The summed E-state index contributed by atoms with van der Waals surface area (Å²) < 4.78 is 5.08. The maximum absolute atomic E-state index is 12.6. The number of amides is 3. The summed E-state index contributed by atoms with van der Waals surface area (Å²) in [6, 6.07) is 11.6. The first-order chi connectivity index (χ1) is 14.2. The Morgan fingerprint density at radius 2 is 1.57 bits per heavy atom. The van der Waals surface area contributed by atoms with Crippen LogP contribution in [0.15, 0.2) is 42.5 Å². The van der Waals surface area contributed by atoms with Gasteiger partial charge < -0.3 is 20.7 Å². The predicted molar refractivity (Wildman–Crippen MR) is 117 cm³/mol. The molecule has 2 rings (SSSR count). The highest BCUT2D eigenvalue weighted by Crippen LogP contribution is 2.19. The van der Waals surface area contributed by atoms with Crippen LogP contribution >= 0.6 is 0 Å². The molecule has 7 heteroatoms. The van der Waals surface area contributed by atoms with E-state index in [0.29, 0.717) is 11.3 Å². The number of anilines is 1. The third kappa shape index (κ3) is 6.07. The molecule has 0 aliphatic carbocycles. The molecule has 0 bridgehead atoms. The minimum Gasteiger partial charge on any atom is -0.497 e. The van der Waals surface area contributed by atoms with Crippen molar-refractivity contribution in [3.63, 3.8) is 0 Å². The molecule has 0 unspecified atom stereocenters. The zero-order valence-electron chi connectivity index (χ0n) is 18.0. The summed E-state index contributed by atoms with van der Waals surface area (Å²) in [6.07, 6.45) is 0. The molecule has 0 aliphatic heterocycles. The first-order valence-corrected chi connectivity index (χ1v) is 9.81. The van der Waals surface area contributed by atoms with Crippen molar-refractivity contribution >= 4 is 23.4 Å². The lowest BCUT2D eigenvalue weighted by atomic mass is 10.0. The smallest absolute Gasteiger partial charge is 0.251 e. The minimum atomic E-state index is -0.771. The van der Waals surface area contributed by atoms with Gasteiger partial charge in [-0.1, -0.05) is 32.0 Å². The second kappa shape index (κ2) is 10.4. The van der Waals surface area contributed by atoms with Gasteiger partial charge in [-0.25, -0.2) is 0 Å². The molecule has 30 heavy (non-hydrogen) atoms. The number of benzene rings is 2. The van der Waals surface area contributed by atoms with Crippen molar-refractivity contribution in [3.05, 3.63) is 59.2 Å². The maximum atomic E-state index is 12.6. The average molecular weight is 412 g/mol.